The molecule has 0 atom stereocenters. The molecule has 0 unspecified atom stereocenters. The normalized spacial score (nSPS) is 10.6. The molecule has 0 saturated heterocycles. The molecule has 20 heavy (non-hydrogen) atoms. The molecule has 0 spiro atoms. The first-order chi connectivity index (χ1) is 9.54. The second-order valence-corrected chi connectivity index (χ2v) is 6.07. The van der Waals surface area contributed by atoms with Crippen LogP contribution in [0.2, 0.25) is 10.0 Å². The molecule has 0 bridgehead atoms. The van der Waals surface area contributed by atoms with E-state index >= 15 is 0 Å². The molecule has 5 heteroatoms. The number of hydrogen-bond acceptors (Lipinski definition) is 2. The Hall–Kier alpha value is -1.03. The minimum Gasteiger partial charge on any atom is -0.298 e. The molecule has 104 valence electrons. The Morgan fingerprint density at radius 2 is 1.80 bits per heavy atom. The van der Waals surface area contributed by atoms with Gasteiger partial charge in [0.25, 0.3) is 0 Å². The monoisotopic (exact) mass is 328 g/mol. The molecule has 0 saturated carbocycles. The van der Waals surface area contributed by atoms with Gasteiger partial charge >= 0.3 is 0 Å². The molecule has 0 aliphatic heterocycles. The molecule has 0 amide bonds. The SMILES string of the molecule is O=C(CSc1cc(Cl)ccc1Cl)Cc1ccc(F)cc1. The summed E-state index contributed by atoms with van der Waals surface area (Å²) in [6.45, 7) is 0. The fraction of sp³-hybridized carbons (Fsp3) is 0.133. The Morgan fingerprint density at radius 1 is 1.10 bits per heavy atom. The molecular weight excluding hydrogens is 318 g/mol. The molecule has 0 aliphatic rings. The van der Waals surface area contributed by atoms with E-state index in [1.165, 1.54) is 23.9 Å². The minimum absolute atomic E-state index is 0.0534. The average Bonchev–Trinajstić information content (AvgIpc) is 2.42. The van der Waals surface area contributed by atoms with Gasteiger partial charge in [-0.25, -0.2) is 4.39 Å². The van der Waals surface area contributed by atoms with Crippen LogP contribution in [-0.4, -0.2) is 11.5 Å². The summed E-state index contributed by atoms with van der Waals surface area (Å²) in [5.41, 5.74) is 0.800. The predicted molar refractivity (Wildman–Crippen MR) is 82.3 cm³/mol. The van der Waals surface area contributed by atoms with E-state index in [0.717, 1.165) is 10.5 Å². The number of hydrogen-bond donors (Lipinski definition) is 0. The highest BCUT2D eigenvalue weighted by Gasteiger charge is 2.08. The molecule has 2 aromatic carbocycles. The number of thioether (sulfide) groups is 1. The highest BCUT2D eigenvalue weighted by atomic mass is 35.5. The van der Waals surface area contributed by atoms with Crippen LogP contribution >= 0.6 is 35.0 Å². The van der Waals surface area contributed by atoms with E-state index < -0.39 is 0 Å². The van der Waals surface area contributed by atoms with Crippen molar-refractivity contribution in [3.63, 3.8) is 0 Å². The van der Waals surface area contributed by atoms with Crippen molar-refractivity contribution in [2.75, 3.05) is 5.75 Å². The van der Waals surface area contributed by atoms with Gasteiger partial charge < -0.3 is 0 Å². The van der Waals surface area contributed by atoms with Gasteiger partial charge in [0, 0.05) is 16.3 Å². The first-order valence-electron chi connectivity index (χ1n) is 5.88. The Labute approximate surface area is 131 Å². The maximum atomic E-state index is 12.8. The maximum absolute atomic E-state index is 12.8. The third-order valence-corrected chi connectivity index (χ3v) is 4.39. The van der Waals surface area contributed by atoms with Gasteiger partial charge in [-0.1, -0.05) is 35.3 Å². The van der Waals surface area contributed by atoms with Gasteiger partial charge in [0.05, 0.1) is 10.8 Å². The van der Waals surface area contributed by atoms with E-state index in [4.69, 9.17) is 23.2 Å². The van der Waals surface area contributed by atoms with Crippen LogP contribution in [0.5, 0.6) is 0 Å². The van der Waals surface area contributed by atoms with Crippen LogP contribution in [-0.2, 0) is 11.2 Å². The van der Waals surface area contributed by atoms with E-state index in [1.807, 2.05) is 0 Å². The molecule has 0 aromatic heterocycles. The fourth-order valence-corrected chi connectivity index (χ4v) is 2.98. The van der Waals surface area contributed by atoms with Gasteiger partial charge in [-0.15, -0.1) is 11.8 Å². The number of ketones is 1. The first-order valence-corrected chi connectivity index (χ1v) is 7.63. The van der Waals surface area contributed by atoms with Crippen LogP contribution < -0.4 is 0 Å². The third-order valence-electron chi connectivity index (χ3n) is 2.60. The van der Waals surface area contributed by atoms with Crippen LogP contribution in [0.25, 0.3) is 0 Å². The summed E-state index contributed by atoms with van der Waals surface area (Å²) in [4.78, 5) is 12.7. The molecule has 2 rings (SSSR count). The van der Waals surface area contributed by atoms with Crippen molar-refractivity contribution in [2.24, 2.45) is 0 Å². The van der Waals surface area contributed by atoms with E-state index in [2.05, 4.69) is 0 Å². The van der Waals surface area contributed by atoms with E-state index in [9.17, 15) is 9.18 Å². The summed E-state index contributed by atoms with van der Waals surface area (Å²) in [5, 5.41) is 1.16. The Kier molecular flexibility index (Phi) is 5.46. The minimum atomic E-state index is -0.304. The second-order valence-electron chi connectivity index (χ2n) is 4.21. The molecule has 0 radical (unpaired) electrons. The Balaban J connectivity index is 1.92. The molecular formula is C15H11Cl2FOS. The maximum Gasteiger partial charge on any atom is 0.147 e. The Bertz CT molecular complexity index is 614. The molecule has 0 aliphatic carbocycles. The zero-order chi connectivity index (χ0) is 14.5. The number of rotatable bonds is 5. The smallest absolute Gasteiger partial charge is 0.147 e. The standard InChI is InChI=1S/C15H11Cl2FOS/c16-11-3-6-14(17)15(8-11)20-9-13(19)7-10-1-4-12(18)5-2-10/h1-6,8H,7,9H2. The van der Waals surface area contributed by atoms with Crippen molar-refractivity contribution in [1.29, 1.82) is 0 Å². The van der Waals surface area contributed by atoms with E-state index in [1.54, 1.807) is 30.3 Å². The van der Waals surface area contributed by atoms with Gasteiger partial charge in [-0.05, 0) is 35.9 Å². The van der Waals surface area contributed by atoms with Crippen molar-refractivity contribution in [3.05, 3.63) is 63.9 Å². The van der Waals surface area contributed by atoms with E-state index in [0.29, 0.717) is 15.8 Å². The lowest BCUT2D eigenvalue weighted by Crippen LogP contribution is -2.05. The number of Topliss-reactive ketones (excluding diaryl/α,β-unsaturated/α-hetero) is 1. The van der Waals surface area contributed by atoms with E-state index in [-0.39, 0.29) is 18.0 Å². The summed E-state index contributed by atoms with van der Waals surface area (Å²) in [6.07, 6.45) is 0.283. The lowest BCUT2D eigenvalue weighted by atomic mass is 10.1. The van der Waals surface area contributed by atoms with Crippen LogP contribution in [0.15, 0.2) is 47.4 Å². The number of benzene rings is 2. The molecule has 1 nitrogen and oxygen atoms in total. The van der Waals surface area contributed by atoms with Gasteiger partial charge in [0.1, 0.15) is 11.6 Å². The molecule has 0 fully saturated rings. The summed E-state index contributed by atoms with van der Waals surface area (Å²) in [7, 11) is 0. The van der Waals surface area contributed by atoms with Gasteiger partial charge in [0.15, 0.2) is 0 Å². The zero-order valence-electron chi connectivity index (χ0n) is 10.4. The number of carbonyl (C=O) groups is 1. The van der Waals surface area contributed by atoms with Gasteiger partial charge in [-0.2, -0.15) is 0 Å². The molecule has 0 N–H and O–H groups in total. The summed E-state index contributed by atoms with van der Waals surface area (Å²) in [6, 6.07) is 11.1. The van der Waals surface area contributed by atoms with Crippen LogP contribution in [0.4, 0.5) is 4.39 Å². The highest BCUT2D eigenvalue weighted by molar-refractivity contribution is 8.00. The topological polar surface area (TPSA) is 17.1 Å². The largest absolute Gasteiger partial charge is 0.298 e. The quantitative estimate of drug-likeness (QED) is 0.715. The average molecular weight is 329 g/mol. The van der Waals surface area contributed by atoms with Crippen molar-refractivity contribution < 1.29 is 9.18 Å². The zero-order valence-corrected chi connectivity index (χ0v) is 12.7. The molecule has 2 aromatic rings. The van der Waals surface area contributed by atoms with Crippen molar-refractivity contribution in [3.8, 4) is 0 Å². The first kappa shape index (κ1) is 15.4. The lowest BCUT2D eigenvalue weighted by Gasteiger charge is -2.05. The fourth-order valence-electron chi connectivity index (χ4n) is 1.63. The van der Waals surface area contributed by atoms with Crippen molar-refractivity contribution in [1.82, 2.24) is 0 Å². The van der Waals surface area contributed by atoms with Crippen molar-refractivity contribution >= 4 is 40.7 Å². The highest BCUT2D eigenvalue weighted by Crippen LogP contribution is 2.29. The van der Waals surface area contributed by atoms with Gasteiger partial charge in [0.2, 0.25) is 0 Å². The second kappa shape index (κ2) is 7.11. The van der Waals surface area contributed by atoms with Crippen LogP contribution in [0, 0.1) is 5.82 Å². The third kappa shape index (κ3) is 4.51. The Morgan fingerprint density at radius 3 is 2.50 bits per heavy atom. The van der Waals surface area contributed by atoms with Crippen molar-refractivity contribution in [2.45, 2.75) is 11.3 Å². The summed E-state index contributed by atoms with van der Waals surface area (Å²) < 4.78 is 12.8. The van der Waals surface area contributed by atoms with Crippen LogP contribution in [0.1, 0.15) is 5.56 Å². The number of carbonyl (C=O) groups excluding carboxylic acids is 1. The molecule has 0 heterocycles. The number of halogens is 3. The van der Waals surface area contributed by atoms with Gasteiger partial charge in [-0.3, -0.25) is 4.79 Å². The predicted octanol–water partition coefficient (Wildman–Crippen LogP) is 5.04. The van der Waals surface area contributed by atoms with Crippen LogP contribution in [0.3, 0.4) is 0 Å². The lowest BCUT2D eigenvalue weighted by molar-refractivity contribution is -0.116. The summed E-state index contributed by atoms with van der Waals surface area (Å²) >= 11 is 13.3. The summed E-state index contributed by atoms with van der Waals surface area (Å²) in [5.74, 6) is 0.0520.